The molecule has 0 unspecified atom stereocenters. The van der Waals surface area contributed by atoms with E-state index in [1.54, 1.807) is 11.8 Å². The molecule has 6 heteroatoms. The first-order valence-corrected chi connectivity index (χ1v) is 7.84. The van der Waals surface area contributed by atoms with E-state index in [1.807, 2.05) is 40.8 Å². The fourth-order valence-corrected chi connectivity index (χ4v) is 3.48. The molecule has 4 rings (SSSR count). The van der Waals surface area contributed by atoms with Gasteiger partial charge in [-0.2, -0.15) is 0 Å². The van der Waals surface area contributed by atoms with Crippen molar-refractivity contribution in [3.05, 3.63) is 59.9 Å². The highest BCUT2D eigenvalue weighted by molar-refractivity contribution is 7.99. The van der Waals surface area contributed by atoms with Crippen LogP contribution >= 0.6 is 11.8 Å². The third-order valence-electron chi connectivity index (χ3n) is 3.63. The summed E-state index contributed by atoms with van der Waals surface area (Å²) in [4.78, 5) is 4.51. The van der Waals surface area contributed by atoms with Gasteiger partial charge in [0.25, 0.3) is 0 Å². The molecule has 0 aliphatic rings. The molecule has 0 fully saturated rings. The summed E-state index contributed by atoms with van der Waals surface area (Å²) in [7, 11) is 0. The fourth-order valence-electron chi connectivity index (χ4n) is 2.48. The quantitative estimate of drug-likeness (QED) is 0.577. The summed E-state index contributed by atoms with van der Waals surface area (Å²) in [5.41, 5.74) is 3.03. The molecule has 0 saturated heterocycles. The van der Waals surface area contributed by atoms with Crippen LogP contribution in [0.2, 0.25) is 0 Å². The van der Waals surface area contributed by atoms with E-state index in [-0.39, 0.29) is 11.1 Å². The van der Waals surface area contributed by atoms with E-state index in [0.29, 0.717) is 0 Å². The van der Waals surface area contributed by atoms with Crippen molar-refractivity contribution >= 4 is 28.6 Å². The van der Waals surface area contributed by atoms with Gasteiger partial charge in [-0.05, 0) is 36.8 Å². The van der Waals surface area contributed by atoms with E-state index in [1.165, 1.54) is 12.1 Å². The number of H-pyrrole nitrogens is 1. The van der Waals surface area contributed by atoms with Crippen LogP contribution in [-0.4, -0.2) is 19.6 Å². The number of nitrogens with zero attached hydrogens (tertiary/aromatic N) is 3. The third-order valence-corrected chi connectivity index (χ3v) is 4.74. The number of imidazole rings is 1. The number of thioether (sulfide) groups is 1. The molecule has 2 heterocycles. The lowest BCUT2D eigenvalue weighted by Gasteiger charge is -2.09. The number of hydrogen-bond donors (Lipinski definition) is 1. The monoisotopic (exact) mass is 312 g/mol. The maximum absolute atomic E-state index is 13.0. The van der Waals surface area contributed by atoms with Gasteiger partial charge < -0.3 is 0 Å². The number of halogens is 1. The number of benzene rings is 2. The van der Waals surface area contributed by atoms with E-state index in [0.717, 1.165) is 27.5 Å². The predicted octanol–water partition coefficient (Wildman–Crippen LogP) is 4.20. The van der Waals surface area contributed by atoms with Crippen LogP contribution in [0.25, 0.3) is 16.8 Å². The number of aromatic nitrogens is 4. The van der Waals surface area contributed by atoms with Gasteiger partial charge in [-0.3, -0.25) is 4.40 Å². The molecular formula is C16H13FN4S. The highest BCUT2D eigenvalue weighted by atomic mass is 32.2. The van der Waals surface area contributed by atoms with Crippen LogP contribution in [0.4, 0.5) is 4.39 Å². The van der Waals surface area contributed by atoms with Crippen LogP contribution in [0.3, 0.4) is 0 Å². The number of nitrogens with one attached hydrogen (secondary N) is 1. The summed E-state index contributed by atoms with van der Waals surface area (Å²) in [6, 6.07) is 14.5. The molecule has 1 N–H and O–H groups in total. The minimum Gasteiger partial charge on any atom is -0.254 e. The summed E-state index contributed by atoms with van der Waals surface area (Å²) in [6.45, 7) is 2.08. The molecule has 0 radical (unpaired) electrons. The predicted molar refractivity (Wildman–Crippen MR) is 85.5 cm³/mol. The Kier molecular flexibility index (Phi) is 3.11. The lowest BCUT2D eigenvalue weighted by Crippen LogP contribution is -1.92. The number of fused-ring (bicyclic) bond motifs is 3. The van der Waals surface area contributed by atoms with Crippen LogP contribution in [0, 0.1) is 5.82 Å². The Bertz CT molecular complexity index is 942. The van der Waals surface area contributed by atoms with E-state index in [9.17, 15) is 4.39 Å². The van der Waals surface area contributed by atoms with Crippen molar-refractivity contribution in [2.75, 3.05) is 0 Å². The molecule has 4 nitrogen and oxygen atoms in total. The van der Waals surface area contributed by atoms with Gasteiger partial charge >= 0.3 is 0 Å². The van der Waals surface area contributed by atoms with Crippen LogP contribution in [0.1, 0.15) is 17.7 Å². The highest BCUT2D eigenvalue weighted by Crippen LogP contribution is 2.34. The van der Waals surface area contributed by atoms with Crippen molar-refractivity contribution in [3.8, 4) is 0 Å². The first-order chi connectivity index (χ1) is 10.7. The van der Waals surface area contributed by atoms with E-state index >= 15 is 0 Å². The zero-order chi connectivity index (χ0) is 15.1. The van der Waals surface area contributed by atoms with E-state index in [4.69, 9.17) is 0 Å². The van der Waals surface area contributed by atoms with Crippen molar-refractivity contribution in [1.82, 2.24) is 19.6 Å². The van der Waals surface area contributed by atoms with Crippen molar-refractivity contribution in [3.63, 3.8) is 0 Å². The topological polar surface area (TPSA) is 46.0 Å². The first kappa shape index (κ1) is 13.3. The van der Waals surface area contributed by atoms with Crippen molar-refractivity contribution in [2.45, 2.75) is 17.3 Å². The SMILES string of the molecule is C[C@H](Sc1n[nH]c2nc3ccccc3n12)c1ccc(F)cc1. The first-order valence-electron chi connectivity index (χ1n) is 6.96. The Morgan fingerprint density at radius 3 is 2.73 bits per heavy atom. The van der Waals surface area contributed by atoms with Gasteiger partial charge in [0.2, 0.25) is 5.78 Å². The molecule has 0 aliphatic heterocycles. The number of hydrogen-bond acceptors (Lipinski definition) is 3. The highest BCUT2D eigenvalue weighted by Gasteiger charge is 2.15. The summed E-state index contributed by atoms with van der Waals surface area (Å²) in [6.07, 6.45) is 0. The zero-order valence-corrected chi connectivity index (χ0v) is 12.6. The molecule has 110 valence electrons. The molecule has 2 aromatic heterocycles. The van der Waals surface area contributed by atoms with Crippen molar-refractivity contribution in [2.24, 2.45) is 0 Å². The molecular weight excluding hydrogens is 299 g/mol. The second kappa shape index (κ2) is 5.14. The second-order valence-corrected chi connectivity index (χ2v) is 6.39. The molecule has 0 amide bonds. The molecule has 4 aromatic rings. The van der Waals surface area contributed by atoms with Crippen LogP contribution in [0.15, 0.2) is 53.7 Å². The maximum atomic E-state index is 13.0. The third kappa shape index (κ3) is 2.16. The zero-order valence-electron chi connectivity index (χ0n) is 11.8. The normalized spacial score (nSPS) is 13.0. The Morgan fingerprint density at radius 2 is 1.91 bits per heavy atom. The minimum atomic E-state index is -0.219. The summed E-state index contributed by atoms with van der Waals surface area (Å²) in [5, 5.41) is 8.33. The molecule has 0 spiro atoms. The standard InChI is InChI=1S/C16H13FN4S/c1-10(11-6-8-12(17)9-7-11)22-16-20-19-15-18-13-4-2-3-5-14(13)21(15)16/h2-10H,1H3,(H,18,19)/t10-/m0/s1. The molecule has 0 aliphatic carbocycles. The number of para-hydroxylation sites is 2. The van der Waals surface area contributed by atoms with Crippen molar-refractivity contribution < 1.29 is 4.39 Å². The summed E-state index contributed by atoms with van der Waals surface area (Å²) in [5.74, 6) is 0.513. The molecule has 2 aromatic carbocycles. The average Bonchev–Trinajstić information content (AvgIpc) is 3.08. The fraction of sp³-hybridized carbons (Fsp3) is 0.125. The lowest BCUT2D eigenvalue weighted by atomic mass is 10.2. The Hall–Kier alpha value is -2.34. The number of rotatable bonds is 3. The molecule has 22 heavy (non-hydrogen) atoms. The van der Waals surface area contributed by atoms with E-state index in [2.05, 4.69) is 22.1 Å². The minimum absolute atomic E-state index is 0.160. The lowest BCUT2D eigenvalue weighted by molar-refractivity contribution is 0.627. The molecule has 1 atom stereocenters. The maximum Gasteiger partial charge on any atom is 0.231 e. The largest absolute Gasteiger partial charge is 0.254 e. The van der Waals surface area contributed by atoms with Gasteiger partial charge in [0.05, 0.1) is 11.0 Å². The van der Waals surface area contributed by atoms with Crippen molar-refractivity contribution in [1.29, 1.82) is 0 Å². The van der Waals surface area contributed by atoms with Crippen LogP contribution in [0.5, 0.6) is 0 Å². The van der Waals surface area contributed by atoms with Gasteiger partial charge in [0.15, 0.2) is 5.16 Å². The van der Waals surface area contributed by atoms with Gasteiger partial charge in [0.1, 0.15) is 5.82 Å². The molecule has 0 saturated carbocycles. The van der Waals surface area contributed by atoms with E-state index < -0.39 is 0 Å². The summed E-state index contributed by atoms with van der Waals surface area (Å²) < 4.78 is 15.0. The smallest absolute Gasteiger partial charge is 0.231 e. The summed E-state index contributed by atoms with van der Waals surface area (Å²) >= 11 is 1.62. The van der Waals surface area contributed by atoms with Gasteiger partial charge in [-0.1, -0.05) is 36.0 Å². The van der Waals surface area contributed by atoms with Crippen LogP contribution in [-0.2, 0) is 0 Å². The number of aromatic amines is 1. The average molecular weight is 312 g/mol. The van der Waals surface area contributed by atoms with Crippen LogP contribution < -0.4 is 0 Å². The van der Waals surface area contributed by atoms with Gasteiger partial charge in [-0.25, -0.2) is 14.5 Å². The van der Waals surface area contributed by atoms with Gasteiger partial charge in [-0.15, -0.1) is 5.10 Å². The Labute approximate surface area is 130 Å². The molecule has 0 bridgehead atoms. The second-order valence-electron chi connectivity index (χ2n) is 5.08. The Balaban J connectivity index is 1.73. The van der Waals surface area contributed by atoms with Gasteiger partial charge in [0, 0.05) is 5.25 Å². The Morgan fingerprint density at radius 1 is 1.14 bits per heavy atom.